The molecule has 0 amide bonds. The number of anilines is 1. The molecular formula is C16H31N. The molecule has 1 aromatic carbocycles. The average molecular weight is 237 g/mol. The molecular weight excluding hydrogens is 206 g/mol. The van der Waals surface area contributed by atoms with Crippen molar-refractivity contribution in [1.82, 2.24) is 0 Å². The maximum atomic E-state index is 3.70. The first-order valence-electron chi connectivity index (χ1n) is 6.69. The van der Waals surface area contributed by atoms with Crippen LogP contribution in [0.2, 0.25) is 0 Å². The van der Waals surface area contributed by atoms with Gasteiger partial charge in [0.25, 0.3) is 0 Å². The Bertz CT molecular complexity index is 241. The summed E-state index contributed by atoms with van der Waals surface area (Å²) in [7, 11) is 1.91. The Balaban J connectivity index is -0.000000239. The highest BCUT2D eigenvalue weighted by atomic mass is 14.8. The number of rotatable bonds is 2. The number of nitrogens with one attached hydrogen (secondary N) is 1. The van der Waals surface area contributed by atoms with Crippen LogP contribution in [-0.4, -0.2) is 7.05 Å². The second kappa shape index (κ2) is 20.2. The Kier molecular flexibility index (Phi) is 25.1. The van der Waals surface area contributed by atoms with Crippen molar-refractivity contribution in [1.29, 1.82) is 0 Å². The average Bonchev–Trinajstić information content (AvgIpc) is 2.44. The molecule has 1 nitrogen and oxygen atoms in total. The van der Waals surface area contributed by atoms with E-state index in [2.05, 4.69) is 25.7 Å². The lowest BCUT2D eigenvalue weighted by Crippen LogP contribution is -1.89. The van der Waals surface area contributed by atoms with Crippen LogP contribution in [0.25, 0.3) is 6.08 Å². The molecule has 100 valence electrons. The van der Waals surface area contributed by atoms with Crippen LogP contribution in [0, 0.1) is 0 Å². The molecule has 0 aliphatic rings. The zero-order valence-electron chi connectivity index (χ0n) is 12.8. The molecule has 17 heavy (non-hydrogen) atoms. The first kappa shape index (κ1) is 21.1. The SMILES string of the molecule is C=Cc1ccccc1NC.CC.CC.CCC. The van der Waals surface area contributed by atoms with Gasteiger partial charge in [-0.3, -0.25) is 0 Å². The third kappa shape index (κ3) is 12.7. The van der Waals surface area contributed by atoms with Gasteiger partial charge in [0, 0.05) is 12.7 Å². The molecule has 0 aromatic heterocycles. The van der Waals surface area contributed by atoms with Gasteiger partial charge < -0.3 is 5.32 Å². The highest BCUT2D eigenvalue weighted by Crippen LogP contribution is 2.14. The minimum Gasteiger partial charge on any atom is -0.388 e. The molecule has 0 saturated carbocycles. The fourth-order valence-corrected chi connectivity index (χ4v) is 0.903. The predicted octanol–water partition coefficient (Wildman–Crippen LogP) is 5.84. The molecule has 1 heteroatoms. The monoisotopic (exact) mass is 237 g/mol. The molecule has 0 aliphatic heterocycles. The molecule has 0 atom stereocenters. The molecule has 0 fully saturated rings. The molecule has 0 heterocycles. The van der Waals surface area contributed by atoms with Crippen molar-refractivity contribution in [3.05, 3.63) is 36.4 Å². The van der Waals surface area contributed by atoms with Crippen molar-refractivity contribution in [2.75, 3.05) is 12.4 Å². The molecule has 1 aromatic rings. The topological polar surface area (TPSA) is 12.0 Å². The summed E-state index contributed by atoms with van der Waals surface area (Å²) in [5.74, 6) is 0. The van der Waals surface area contributed by atoms with Gasteiger partial charge in [-0.05, 0) is 11.6 Å². The van der Waals surface area contributed by atoms with Gasteiger partial charge >= 0.3 is 0 Å². The fraction of sp³-hybridized carbons (Fsp3) is 0.500. The van der Waals surface area contributed by atoms with Gasteiger partial charge in [-0.2, -0.15) is 0 Å². The molecule has 1 N–H and O–H groups in total. The van der Waals surface area contributed by atoms with Gasteiger partial charge in [-0.15, -0.1) is 0 Å². The van der Waals surface area contributed by atoms with E-state index in [0.29, 0.717) is 0 Å². The molecule has 0 unspecified atom stereocenters. The first-order valence-corrected chi connectivity index (χ1v) is 6.69. The zero-order chi connectivity index (χ0) is 14.1. The third-order valence-corrected chi connectivity index (χ3v) is 1.45. The molecule has 1 rings (SSSR count). The third-order valence-electron chi connectivity index (χ3n) is 1.45. The van der Waals surface area contributed by atoms with E-state index in [1.807, 2.05) is 65.1 Å². The lowest BCUT2D eigenvalue weighted by Gasteiger charge is -2.02. The van der Waals surface area contributed by atoms with Crippen LogP contribution in [0.5, 0.6) is 0 Å². The van der Waals surface area contributed by atoms with Crippen LogP contribution in [-0.2, 0) is 0 Å². The number of hydrogen-bond acceptors (Lipinski definition) is 1. The summed E-state index contributed by atoms with van der Waals surface area (Å²) in [5, 5.41) is 3.08. The van der Waals surface area contributed by atoms with Gasteiger partial charge in [0.1, 0.15) is 0 Å². The summed E-state index contributed by atoms with van der Waals surface area (Å²) in [5.41, 5.74) is 2.27. The van der Waals surface area contributed by atoms with E-state index < -0.39 is 0 Å². The minimum absolute atomic E-state index is 1.12. The van der Waals surface area contributed by atoms with Crippen LogP contribution in [0.15, 0.2) is 30.8 Å². The summed E-state index contributed by atoms with van der Waals surface area (Å²) >= 11 is 0. The van der Waals surface area contributed by atoms with E-state index in [4.69, 9.17) is 0 Å². The van der Waals surface area contributed by atoms with Gasteiger partial charge in [0.05, 0.1) is 0 Å². The Morgan fingerprint density at radius 2 is 1.47 bits per heavy atom. The standard InChI is InChI=1S/C9H11N.C3H8.2C2H6/c1-3-8-6-4-5-7-9(8)10-2;1-3-2;2*1-2/h3-7,10H,1H2,2H3;3H2,1-2H3;2*1-2H3. The van der Waals surface area contributed by atoms with E-state index in [0.717, 1.165) is 11.3 Å². The molecule has 0 bridgehead atoms. The predicted molar refractivity (Wildman–Crippen MR) is 84.7 cm³/mol. The molecule has 0 saturated heterocycles. The van der Waals surface area contributed by atoms with Gasteiger partial charge in [0.15, 0.2) is 0 Å². The van der Waals surface area contributed by atoms with Crippen LogP contribution in [0.3, 0.4) is 0 Å². The van der Waals surface area contributed by atoms with Crippen molar-refractivity contribution in [3.63, 3.8) is 0 Å². The summed E-state index contributed by atoms with van der Waals surface area (Å²) in [4.78, 5) is 0. The van der Waals surface area contributed by atoms with Crippen molar-refractivity contribution in [2.45, 2.75) is 48.0 Å². The van der Waals surface area contributed by atoms with Crippen LogP contribution >= 0.6 is 0 Å². The van der Waals surface area contributed by atoms with Gasteiger partial charge in [0.2, 0.25) is 0 Å². The van der Waals surface area contributed by atoms with E-state index in [1.165, 1.54) is 6.42 Å². The number of benzene rings is 1. The summed E-state index contributed by atoms with van der Waals surface area (Å²) in [6, 6.07) is 8.05. The summed E-state index contributed by atoms with van der Waals surface area (Å²) in [6.45, 7) is 15.9. The van der Waals surface area contributed by atoms with Crippen molar-refractivity contribution >= 4 is 11.8 Å². The van der Waals surface area contributed by atoms with Gasteiger partial charge in [-0.1, -0.05) is 78.8 Å². The van der Waals surface area contributed by atoms with E-state index >= 15 is 0 Å². The Morgan fingerprint density at radius 3 is 1.76 bits per heavy atom. The second-order valence-corrected chi connectivity index (χ2v) is 2.75. The largest absolute Gasteiger partial charge is 0.388 e. The molecule has 0 aliphatic carbocycles. The lowest BCUT2D eigenvalue weighted by atomic mass is 10.2. The van der Waals surface area contributed by atoms with Crippen molar-refractivity contribution in [3.8, 4) is 0 Å². The van der Waals surface area contributed by atoms with Crippen molar-refractivity contribution in [2.24, 2.45) is 0 Å². The van der Waals surface area contributed by atoms with Crippen molar-refractivity contribution < 1.29 is 0 Å². The first-order chi connectivity index (χ1) is 8.29. The summed E-state index contributed by atoms with van der Waals surface area (Å²) < 4.78 is 0. The molecule has 0 radical (unpaired) electrons. The zero-order valence-corrected chi connectivity index (χ0v) is 12.8. The Morgan fingerprint density at radius 1 is 1.06 bits per heavy atom. The van der Waals surface area contributed by atoms with E-state index in [1.54, 1.807) is 0 Å². The van der Waals surface area contributed by atoms with E-state index in [9.17, 15) is 0 Å². The van der Waals surface area contributed by atoms with Gasteiger partial charge in [-0.25, -0.2) is 0 Å². The minimum atomic E-state index is 1.12. The number of hydrogen-bond donors (Lipinski definition) is 1. The second-order valence-electron chi connectivity index (χ2n) is 2.75. The smallest absolute Gasteiger partial charge is 0.0410 e. The maximum Gasteiger partial charge on any atom is 0.0410 e. The highest BCUT2D eigenvalue weighted by Gasteiger charge is 1.91. The van der Waals surface area contributed by atoms with Crippen LogP contribution < -0.4 is 5.32 Å². The summed E-state index contributed by atoms with van der Waals surface area (Å²) in [6.07, 6.45) is 3.09. The van der Waals surface area contributed by atoms with Crippen LogP contribution in [0.1, 0.15) is 53.5 Å². The van der Waals surface area contributed by atoms with Crippen LogP contribution in [0.4, 0.5) is 5.69 Å². The highest BCUT2D eigenvalue weighted by molar-refractivity contribution is 5.64. The fourth-order valence-electron chi connectivity index (χ4n) is 0.903. The lowest BCUT2D eigenvalue weighted by molar-refractivity contribution is 1.09. The Hall–Kier alpha value is -1.24. The molecule has 0 spiro atoms. The van der Waals surface area contributed by atoms with E-state index in [-0.39, 0.29) is 0 Å². The Labute approximate surface area is 109 Å². The normalized spacial score (nSPS) is 7.00. The maximum absolute atomic E-state index is 3.70. The quantitative estimate of drug-likeness (QED) is 0.681. The number of para-hydroxylation sites is 1.